The first-order valence-electron chi connectivity index (χ1n) is 7.26. The molecule has 1 heterocycles. The average molecular weight is 358 g/mol. The summed E-state index contributed by atoms with van der Waals surface area (Å²) in [6, 6.07) is 3.13. The molecule has 2 rings (SSSR count). The van der Waals surface area contributed by atoms with Gasteiger partial charge in [0.2, 0.25) is 0 Å². The second kappa shape index (κ2) is 6.86. The van der Waals surface area contributed by atoms with E-state index in [1.807, 2.05) is 20.8 Å². The Morgan fingerprint density at radius 3 is 2.58 bits per heavy atom. The predicted octanol–water partition coefficient (Wildman–Crippen LogP) is 3.08. The minimum absolute atomic E-state index is 0.0502. The molecule has 0 aliphatic carbocycles. The Kier molecular flexibility index (Phi) is 5.25. The second-order valence-electron chi connectivity index (χ2n) is 6.33. The van der Waals surface area contributed by atoms with E-state index < -0.39 is 28.8 Å². The van der Waals surface area contributed by atoms with Crippen LogP contribution in [0, 0.1) is 11.6 Å². The van der Waals surface area contributed by atoms with Crippen LogP contribution in [0.15, 0.2) is 29.2 Å². The van der Waals surface area contributed by atoms with E-state index >= 15 is 0 Å². The van der Waals surface area contributed by atoms with Crippen molar-refractivity contribution < 1.29 is 13.9 Å². The third-order valence-electron chi connectivity index (χ3n) is 3.37. The maximum Gasteiger partial charge on any atom is 0.288 e. The molecule has 0 spiro atoms. The smallest absolute Gasteiger partial charge is 0.288 e. The van der Waals surface area contributed by atoms with Gasteiger partial charge < -0.3 is 10.4 Å². The number of nitrogens with zero attached hydrogens (tertiary/aromatic N) is 2. The van der Waals surface area contributed by atoms with Crippen LogP contribution >= 0.6 is 11.6 Å². The van der Waals surface area contributed by atoms with Crippen molar-refractivity contribution in [1.29, 1.82) is 0 Å². The van der Waals surface area contributed by atoms with Gasteiger partial charge in [0.05, 0.1) is 23.5 Å². The van der Waals surface area contributed by atoms with E-state index in [1.165, 1.54) is 16.9 Å². The van der Waals surface area contributed by atoms with Crippen LogP contribution in [0.4, 0.5) is 14.5 Å². The summed E-state index contributed by atoms with van der Waals surface area (Å²) in [7, 11) is 0. The number of halogens is 3. The molecule has 0 bridgehead atoms. The lowest BCUT2D eigenvalue weighted by atomic mass is 10.1. The molecule has 1 atom stereocenters. The maximum atomic E-state index is 13.2. The van der Waals surface area contributed by atoms with Gasteiger partial charge in [-0.25, -0.2) is 13.5 Å². The molecule has 0 aliphatic rings. The van der Waals surface area contributed by atoms with E-state index in [4.69, 9.17) is 11.6 Å². The Bertz CT molecular complexity index is 803. The van der Waals surface area contributed by atoms with Crippen LogP contribution < -0.4 is 10.9 Å². The van der Waals surface area contributed by atoms with Gasteiger partial charge in [-0.05, 0) is 38.5 Å². The van der Waals surface area contributed by atoms with Crippen LogP contribution in [0.5, 0.6) is 0 Å². The van der Waals surface area contributed by atoms with E-state index in [2.05, 4.69) is 10.4 Å². The monoisotopic (exact) mass is 357 g/mol. The Morgan fingerprint density at radius 1 is 1.33 bits per heavy atom. The second-order valence-corrected chi connectivity index (χ2v) is 6.71. The number of benzene rings is 1. The highest BCUT2D eigenvalue weighted by atomic mass is 35.5. The Hall–Kier alpha value is -1.99. The topological polar surface area (TPSA) is 67.2 Å². The van der Waals surface area contributed by atoms with Crippen molar-refractivity contribution in [2.75, 3.05) is 11.9 Å². The molecule has 130 valence electrons. The zero-order valence-corrected chi connectivity index (χ0v) is 14.2. The zero-order chi connectivity index (χ0) is 18.1. The van der Waals surface area contributed by atoms with Gasteiger partial charge in [-0.2, -0.15) is 5.10 Å². The number of aliphatic hydroxyl groups excluding tert-OH is 1. The maximum absolute atomic E-state index is 13.2. The Balaban J connectivity index is 2.16. The quantitative estimate of drug-likeness (QED) is 0.882. The standard InChI is InChI=1S/C16H18ClF2N3O2/c1-16(2,3)22-15(24)14(17)12(7-21-22)20-8-13(23)9-4-5-10(18)11(19)6-9/h4-7,13,20,23H,8H2,1-3H3. The van der Waals surface area contributed by atoms with Gasteiger partial charge in [0.1, 0.15) is 5.02 Å². The highest BCUT2D eigenvalue weighted by molar-refractivity contribution is 6.32. The minimum atomic E-state index is -1.11. The minimum Gasteiger partial charge on any atom is -0.387 e. The number of nitrogens with one attached hydrogen (secondary N) is 1. The molecule has 2 aromatic rings. The first-order valence-corrected chi connectivity index (χ1v) is 7.64. The van der Waals surface area contributed by atoms with Crippen LogP contribution in [0.2, 0.25) is 5.02 Å². The third kappa shape index (κ3) is 3.91. The van der Waals surface area contributed by atoms with E-state index in [-0.39, 0.29) is 22.8 Å². The van der Waals surface area contributed by atoms with Gasteiger partial charge in [0.25, 0.3) is 5.56 Å². The normalized spacial score (nSPS) is 13.0. The highest BCUT2D eigenvalue weighted by Crippen LogP contribution is 2.21. The molecule has 0 fully saturated rings. The fraction of sp³-hybridized carbons (Fsp3) is 0.375. The summed E-state index contributed by atoms with van der Waals surface area (Å²) in [5.41, 5.74) is -0.529. The lowest BCUT2D eigenvalue weighted by Gasteiger charge is -2.21. The van der Waals surface area contributed by atoms with Crippen molar-refractivity contribution in [3.8, 4) is 0 Å². The first-order chi connectivity index (χ1) is 11.1. The van der Waals surface area contributed by atoms with Crippen molar-refractivity contribution in [1.82, 2.24) is 9.78 Å². The van der Waals surface area contributed by atoms with Crippen molar-refractivity contribution in [2.45, 2.75) is 32.4 Å². The molecular weight excluding hydrogens is 340 g/mol. The molecular formula is C16H18ClF2N3O2. The van der Waals surface area contributed by atoms with E-state index in [0.717, 1.165) is 12.1 Å². The zero-order valence-electron chi connectivity index (χ0n) is 13.5. The van der Waals surface area contributed by atoms with Crippen molar-refractivity contribution in [3.63, 3.8) is 0 Å². The van der Waals surface area contributed by atoms with Gasteiger partial charge in [-0.3, -0.25) is 4.79 Å². The van der Waals surface area contributed by atoms with Crippen molar-refractivity contribution in [3.05, 3.63) is 57.0 Å². The number of aromatic nitrogens is 2. The molecule has 0 amide bonds. The van der Waals surface area contributed by atoms with Crippen LogP contribution in [0.3, 0.4) is 0 Å². The van der Waals surface area contributed by atoms with E-state index in [0.29, 0.717) is 0 Å². The summed E-state index contributed by atoms with van der Waals surface area (Å²) < 4.78 is 27.4. The summed E-state index contributed by atoms with van der Waals surface area (Å²) in [6.45, 7) is 5.40. The number of hydrogen-bond donors (Lipinski definition) is 2. The number of rotatable bonds is 4. The summed E-state index contributed by atoms with van der Waals surface area (Å²) >= 11 is 6.05. The van der Waals surface area contributed by atoms with Crippen LogP contribution in [0.1, 0.15) is 32.4 Å². The number of aliphatic hydroxyl groups is 1. The molecule has 0 saturated heterocycles. The molecule has 0 aliphatic heterocycles. The van der Waals surface area contributed by atoms with Gasteiger partial charge in [0, 0.05) is 6.54 Å². The number of hydrogen-bond acceptors (Lipinski definition) is 4. The molecule has 8 heteroatoms. The predicted molar refractivity (Wildman–Crippen MR) is 88.3 cm³/mol. The largest absolute Gasteiger partial charge is 0.387 e. The molecule has 5 nitrogen and oxygen atoms in total. The van der Waals surface area contributed by atoms with Gasteiger partial charge >= 0.3 is 0 Å². The number of anilines is 1. The first kappa shape index (κ1) is 18.4. The van der Waals surface area contributed by atoms with Crippen LogP contribution in [-0.2, 0) is 5.54 Å². The average Bonchev–Trinajstić information content (AvgIpc) is 2.50. The van der Waals surface area contributed by atoms with Crippen molar-refractivity contribution in [2.24, 2.45) is 0 Å². The van der Waals surface area contributed by atoms with Gasteiger partial charge in [0.15, 0.2) is 11.6 Å². The lowest BCUT2D eigenvalue weighted by molar-refractivity contribution is 0.191. The molecule has 0 radical (unpaired) electrons. The molecule has 1 unspecified atom stereocenters. The van der Waals surface area contributed by atoms with Gasteiger partial charge in [-0.15, -0.1) is 0 Å². The summed E-state index contributed by atoms with van der Waals surface area (Å²) in [5, 5.41) is 16.8. The SMILES string of the molecule is CC(C)(C)n1ncc(NCC(O)c2ccc(F)c(F)c2)c(Cl)c1=O. The van der Waals surface area contributed by atoms with Crippen molar-refractivity contribution >= 4 is 17.3 Å². The van der Waals surface area contributed by atoms with E-state index in [9.17, 15) is 18.7 Å². The fourth-order valence-corrected chi connectivity index (χ4v) is 2.27. The molecule has 24 heavy (non-hydrogen) atoms. The molecule has 1 aromatic heterocycles. The molecule has 2 N–H and O–H groups in total. The van der Waals surface area contributed by atoms with Gasteiger partial charge in [-0.1, -0.05) is 17.7 Å². The summed E-state index contributed by atoms with van der Waals surface area (Å²) in [5.74, 6) is -2.03. The highest BCUT2D eigenvalue weighted by Gasteiger charge is 2.20. The Labute approximate surface area is 142 Å². The van der Waals surface area contributed by atoms with Crippen LogP contribution in [-0.4, -0.2) is 21.4 Å². The third-order valence-corrected chi connectivity index (χ3v) is 3.73. The Morgan fingerprint density at radius 2 is 2.00 bits per heavy atom. The molecule has 1 aromatic carbocycles. The molecule has 0 saturated carbocycles. The summed E-state index contributed by atoms with van der Waals surface area (Å²) in [6.07, 6.45) is 0.272. The lowest BCUT2D eigenvalue weighted by Crippen LogP contribution is -2.36. The summed E-state index contributed by atoms with van der Waals surface area (Å²) in [4.78, 5) is 12.2. The fourth-order valence-electron chi connectivity index (χ4n) is 2.08. The van der Waals surface area contributed by atoms with E-state index in [1.54, 1.807) is 0 Å². The van der Waals surface area contributed by atoms with Crippen LogP contribution in [0.25, 0.3) is 0 Å².